The molecule has 0 aliphatic rings. The van der Waals surface area contributed by atoms with Crippen molar-refractivity contribution >= 4 is 40.0 Å². The maximum Gasteiger partial charge on any atom is 0.162 e. The molecular weight excluding hydrogens is 385 g/mol. The Morgan fingerprint density at radius 2 is 1.95 bits per heavy atom. The van der Waals surface area contributed by atoms with E-state index in [0.717, 1.165) is 37.1 Å². The van der Waals surface area contributed by atoms with Gasteiger partial charge < -0.3 is 5.32 Å². The molecule has 2 aromatic rings. The summed E-state index contributed by atoms with van der Waals surface area (Å²) in [5, 5.41) is 3.88. The molecular formula is C15H17ClIN3. The largest absolute Gasteiger partial charge is 0.372 e. The molecule has 0 radical (unpaired) electrons. The van der Waals surface area contributed by atoms with Gasteiger partial charge in [0.25, 0.3) is 0 Å². The lowest BCUT2D eigenvalue weighted by molar-refractivity contribution is 0.809. The molecule has 0 atom stereocenters. The Hall–Kier alpha value is -0.880. The highest BCUT2D eigenvalue weighted by atomic mass is 127. The second-order valence-corrected chi connectivity index (χ2v) is 6.47. The average molecular weight is 402 g/mol. The van der Waals surface area contributed by atoms with Crippen LogP contribution in [0.25, 0.3) is 11.4 Å². The monoisotopic (exact) mass is 401 g/mol. The Kier molecular flexibility index (Phi) is 4.86. The van der Waals surface area contributed by atoms with Crippen molar-refractivity contribution in [2.24, 2.45) is 0 Å². The molecule has 0 saturated carbocycles. The van der Waals surface area contributed by atoms with Gasteiger partial charge in [0, 0.05) is 17.6 Å². The van der Waals surface area contributed by atoms with Crippen molar-refractivity contribution in [2.45, 2.75) is 26.7 Å². The van der Waals surface area contributed by atoms with Gasteiger partial charge in [-0.3, -0.25) is 0 Å². The molecule has 2 rings (SSSR count). The van der Waals surface area contributed by atoms with Crippen LogP contribution in [-0.4, -0.2) is 17.0 Å². The lowest BCUT2D eigenvalue weighted by atomic mass is 10.1. The smallest absolute Gasteiger partial charge is 0.162 e. The fourth-order valence-electron chi connectivity index (χ4n) is 2.01. The van der Waals surface area contributed by atoms with E-state index in [1.165, 1.54) is 0 Å². The number of aromatic nitrogens is 2. The highest BCUT2D eigenvalue weighted by Gasteiger charge is 2.16. The van der Waals surface area contributed by atoms with Crippen LogP contribution in [0.15, 0.2) is 18.2 Å². The molecule has 1 N–H and O–H groups in total. The summed E-state index contributed by atoms with van der Waals surface area (Å²) in [6, 6.07) is 5.79. The van der Waals surface area contributed by atoms with Crippen LogP contribution in [0.3, 0.4) is 0 Å². The van der Waals surface area contributed by atoms with Crippen molar-refractivity contribution in [1.29, 1.82) is 0 Å². The molecule has 0 bridgehead atoms. The van der Waals surface area contributed by atoms with Crippen molar-refractivity contribution in [1.82, 2.24) is 9.97 Å². The molecule has 0 fully saturated rings. The molecule has 20 heavy (non-hydrogen) atoms. The fourth-order valence-corrected chi connectivity index (χ4v) is 3.37. The SMILES string of the molecule is CNc1nc(-c2ccc(Cl)cc2C)nc(C(C)C)c1I. The van der Waals surface area contributed by atoms with Gasteiger partial charge in [0.05, 0.1) is 9.26 Å². The quantitative estimate of drug-likeness (QED) is 0.745. The van der Waals surface area contributed by atoms with E-state index in [1.807, 2.05) is 32.2 Å². The van der Waals surface area contributed by atoms with Gasteiger partial charge in [0.1, 0.15) is 5.82 Å². The van der Waals surface area contributed by atoms with Crippen molar-refractivity contribution < 1.29 is 0 Å². The van der Waals surface area contributed by atoms with Crippen LogP contribution in [0, 0.1) is 10.5 Å². The number of benzene rings is 1. The van der Waals surface area contributed by atoms with Crippen LogP contribution in [0.5, 0.6) is 0 Å². The van der Waals surface area contributed by atoms with Crippen LogP contribution in [0.1, 0.15) is 31.0 Å². The molecule has 0 saturated heterocycles. The summed E-state index contributed by atoms with van der Waals surface area (Å²) in [6.45, 7) is 6.31. The zero-order chi connectivity index (χ0) is 14.9. The van der Waals surface area contributed by atoms with E-state index in [-0.39, 0.29) is 0 Å². The van der Waals surface area contributed by atoms with E-state index >= 15 is 0 Å². The zero-order valence-electron chi connectivity index (χ0n) is 12.0. The van der Waals surface area contributed by atoms with Crippen molar-refractivity contribution in [2.75, 3.05) is 12.4 Å². The number of hydrogen-bond donors (Lipinski definition) is 1. The molecule has 1 heterocycles. The Labute approximate surface area is 138 Å². The first-order valence-electron chi connectivity index (χ1n) is 6.45. The van der Waals surface area contributed by atoms with Gasteiger partial charge in [-0.25, -0.2) is 9.97 Å². The Morgan fingerprint density at radius 3 is 2.50 bits per heavy atom. The van der Waals surface area contributed by atoms with E-state index in [4.69, 9.17) is 16.6 Å². The van der Waals surface area contributed by atoms with Gasteiger partial charge in [-0.05, 0) is 59.2 Å². The second-order valence-electron chi connectivity index (χ2n) is 4.96. The van der Waals surface area contributed by atoms with E-state index < -0.39 is 0 Å². The molecule has 5 heteroatoms. The van der Waals surface area contributed by atoms with Crippen molar-refractivity contribution in [3.8, 4) is 11.4 Å². The first kappa shape index (κ1) is 15.5. The Balaban J connectivity index is 2.65. The number of halogens is 2. The van der Waals surface area contributed by atoms with Gasteiger partial charge in [-0.15, -0.1) is 0 Å². The molecule has 0 aliphatic heterocycles. The summed E-state index contributed by atoms with van der Waals surface area (Å²) in [4.78, 5) is 9.36. The highest BCUT2D eigenvalue weighted by molar-refractivity contribution is 14.1. The van der Waals surface area contributed by atoms with Crippen LogP contribution in [0.4, 0.5) is 5.82 Å². The van der Waals surface area contributed by atoms with Gasteiger partial charge in [-0.2, -0.15) is 0 Å². The Bertz CT molecular complexity index is 641. The van der Waals surface area contributed by atoms with Crippen molar-refractivity contribution in [3.63, 3.8) is 0 Å². The van der Waals surface area contributed by atoms with Gasteiger partial charge in [-0.1, -0.05) is 25.4 Å². The number of nitrogens with one attached hydrogen (secondary N) is 1. The van der Waals surface area contributed by atoms with E-state index in [0.29, 0.717) is 5.92 Å². The van der Waals surface area contributed by atoms with Crippen LogP contribution in [-0.2, 0) is 0 Å². The number of anilines is 1. The van der Waals surface area contributed by atoms with E-state index in [9.17, 15) is 0 Å². The van der Waals surface area contributed by atoms with Crippen LogP contribution in [0.2, 0.25) is 5.02 Å². The maximum absolute atomic E-state index is 6.02. The Morgan fingerprint density at radius 1 is 1.25 bits per heavy atom. The van der Waals surface area contributed by atoms with Gasteiger partial charge in [0.15, 0.2) is 5.82 Å². The molecule has 106 valence electrons. The summed E-state index contributed by atoms with van der Waals surface area (Å²) in [5.41, 5.74) is 3.16. The fraction of sp³-hybridized carbons (Fsp3) is 0.333. The van der Waals surface area contributed by atoms with E-state index in [2.05, 4.69) is 46.7 Å². The molecule has 3 nitrogen and oxygen atoms in total. The molecule has 0 spiro atoms. The minimum atomic E-state index is 0.350. The van der Waals surface area contributed by atoms with Gasteiger partial charge in [0.2, 0.25) is 0 Å². The number of rotatable bonds is 3. The summed E-state index contributed by atoms with van der Waals surface area (Å²) >= 11 is 8.31. The highest BCUT2D eigenvalue weighted by Crippen LogP contribution is 2.30. The number of aryl methyl sites for hydroxylation is 1. The van der Waals surface area contributed by atoms with Crippen molar-refractivity contribution in [3.05, 3.63) is 38.0 Å². The minimum absolute atomic E-state index is 0.350. The molecule has 0 unspecified atom stereocenters. The third-order valence-corrected chi connectivity index (χ3v) is 4.39. The molecule has 1 aromatic carbocycles. The predicted octanol–water partition coefficient (Wildman–Crippen LogP) is 4.88. The predicted molar refractivity (Wildman–Crippen MR) is 93.6 cm³/mol. The second kappa shape index (κ2) is 6.26. The average Bonchev–Trinajstić information content (AvgIpc) is 2.39. The molecule has 0 amide bonds. The minimum Gasteiger partial charge on any atom is -0.372 e. The molecule has 0 aliphatic carbocycles. The first-order chi connectivity index (χ1) is 9.43. The van der Waals surface area contributed by atoms with E-state index in [1.54, 1.807) is 0 Å². The lowest BCUT2D eigenvalue weighted by Crippen LogP contribution is -2.07. The maximum atomic E-state index is 6.02. The summed E-state index contributed by atoms with van der Waals surface area (Å²) in [7, 11) is 1.88. The zero-order valence-corrected chi connectivity index (χ0v) is 14.9. The molecule has 1 aromatic heterocycles. The standard InChI is InChI=1S/C15H17ClIN3/c1-8(2)13-12(17)15(18-4)20-14(19-13)11-6-5-10(16)7-9(11)3/h5-8H,1-4H3,(H,18,19,20). The van der Waals surface area contributed by atoms with Gasteiger partial charge >= 0.3 is 0 Å². The summed E-state index contributed by atoms with van der Waals surface area (Å²) in [5.74, 6) is 1.96. The topological polar surface area (TPSA) is 37.8 Å². The van der Waals surface area contributed by atoms with Crippen LogP contribution < -0.4 is 5.32 Å². The number of hydrogen-bond acceptors (Lipinski definition) is 3. The van der Waals surface area contributed by atoms with Crippen LogP contribution >= 0.6 is 34.2 Å². The normalized spacial score (nSPS) is 10.9. The lowest BCUT2D eigenvalue weighted by Gasteiger charge is -2.14. The first-order valence-corrected chi connectivity index (χ1v) is 7.91. The third-order valence-electron chi connectivity index (χ3n) is 3.09. The summed E-state index contributed by atoms with van der Waals surface area (Å²) < 4.78 is 1.08. The third kappa shape index (κ3) is 3.06. The summed E-state index contributed by atoms with van der Waals surface area (Å²) in [6.07, 6.45) is 0. The number of nitrogens with zero attached hydrogens (tertiary/aromatic N) is 2.